The minimum atomic E-state index is -0.401. The van der Waals surface area contributed by atoms with Gasteiger partial charge in [0.15, 0.2) is 0 Å². The molecule has 3 heterocycles. The normalized spacial score (nSPS) is 14.3. The van der Waals surface area contributed by atoms with Crippen molar-refractivity contribution in [2.24, 2.45) is 14.1 Å². The van der Waals surface area contributed by atoms with Crippen LogP contribution < -0.4 is 11.2 Å². The van der Waals surface area contributed by atoms with Crippen molar-refractivity contribution in [1.29, 1.82) is 0 Å². The lowest BCUT2D eigenvalue weighted by Gasteiger charge is -2.17. The van der Waals surface area contributed by atoms with E-state index >= 15 is 0 Å². The van der Waals surface area contributed by atoms with E-state index in [9.17, 15) is 14.4 Å². The molecule has 8 heteroatoms. The number of likely N-dealkylation sites (tertiary alicyclic amines) is 1. The SMILES string of the molecule is CCCc1cnc2c(c1SCC(=O)N1CCCC1)c(=O)n(C)c(=O)n2C. The summed E-state index contributed by atoms with van der Waals surface area (Å²) in [7, 11) is 3.08. The summed E-state index contributed by atoms with van der Waals surface area (Å²) in [6.07, 6.45) is 5.52. The van der Waals surface area contributed by atoms with Gasteiger partial charge in [0.05, 0.1) is 11.1 Å². The zero-order valence-corrected chi connectivity index (χ0v) is 16.3. The standard InChI is InChI=1S/C18H24N4O3S/c1-4-7-12-10-19-16-14(17(24)21(3)18(25)20(16)2)15(12)26-11-13(23)22-8-5-6-9-22/h10H,4-9,11H2,1-3H3. The number of amides is 1. The molecular weight excluding hydrogens is 352 g/mol. The largest absolute Gasteiger partial charge is 0.342 e. The number of nitrogens with zero attached hydrogens (tertiary/aromatic N) is 4. The molecule has 0 spiro atoms. The third-order valence-electron chi connectivity index (χ3n) is 4.81. The van der Waals surface area contributed by atoms with E-state index in [1.807, 2.05) is 4.90 Å². The van der Waals surface area contributed by atoms with Gasteiger partial charge in [-0.25, -0.2) is 9.78 Å². The van der Waals surface area contributed by atoms with E-state index < -0.39 is 5.69 Å². The number of hydrogen-bond acceptors (Lipinski definition) is 5. The molecule has 0 saturated carbocycles. The molecule has 3 rings (SSSR count). The van der Waals surface area contributed by atoms with Gasteiger partial charge in [0, 0.05) is 38.3 Å². The summed E-state index contributed by atoms with van der Waals surface area (Å²) < 4.78 is 2.49. The van der Waals surface area contributed by atoms with E-state index in [0.717, 1.165) is 53.8 Å². The molecule has 0 aromatic carbocycles. The summed E-state index contributed by atoms with van der Waals surface area (Å²) in [5, 5.41) is 0.430. The van der Waals surface area contributed by atoms with Gasteiger partial charge in [0.25, 0.3) is 5.56 Å². The second-order valence-corrected chi connectivity index (χ2v) is 7.63. The number of aryl methyl sites for hydroxylation is 2. The fraction of sp³-hybridized carbons (Fsp3) is 0.556. The smallest absolute Gasteiger partial charge is 0.332 e. The van der Waals surface area contributed by atoms with Crippen molar-refractivity contribution in [2.45, 2.75) is 37.5 Å². The first-order valence-corrected chi connectivity index (χ1v) is 9.92. The summed E-state index contributed by atoms with van der Waals surface area (Å²) >= 11 is 1.39. The molecule has 1 aliphatic rings. The maximum Gasteiger partial charge on any atom is 0.332 e. The molecule has 7 nitrogen and oxygen atoms in total. The number of carbonyl (C=O) groups excluding carboxylic acids is 1. The molecule has 1 fully saturated rings. The highest BCUT2D eigenvalue weighted by molar-refractivity contribution is 8.00. The quantitative estimate of drug-likeness (QED) is 0.735. The fourth-order valence-electron chi connectivity index (χ4n) is 3.35. The minimum absolute atomic E-state index is 0.0987. The van der Waals surface area contributed by atoms with E-state index in [1.165, 1.54) is 23.4 Å². The maximum absolute atomic E-state index is 12.8. The number of aromatic nitrogens is 3. The van der Waals surface area contributed by atoms with Crippen LogP contribution in [0.2, 0.25) is 0 Å². The zero-order valence-electron chi connectivity index (χ0n) is 15.4. The minimum Gasteiger partial charge on any atom is -0.342 e. The molecule has 1 saturated heterocycles. The predicted octanol–water partition coefficient (Wildman–Crippen LogP) is 1.30. The number of fused-ring (bicyclic) bond motifs is 1. The Morgan fingerprint density at radius 2 is 1.88 bits per heavy atom. The van der Waals surface area contributed by atoms with Crippen LogP contribution in [0.25, 0.3) is 11.0 Å². The highest BCUT2D eigenvalue weighted by Crippen LogP contribution is 2.29. The van der Waals surface area contributed by atoms with Crippen molar-refractivity contribution in [1.82, 2.24) is 19.0 Å². The van der Waals surface area contributed by atoms with E-state index in [4.69, 9.17) is 0 Å². The summed E-state index contributed by atoms with van der Waals surface area (Å²) in [6, 6.07) is 0. The maximum atomic E-state index is 12.8. The van der Waals surface area contributed by atoms with Gasteiger partial charge in [-0.05, 0) is 24.8 Å². The molecule has 0 radical (unpaired) electrons. The Kier molecular flexibility index (Phi) is 5.50. The van der Waals surface area contributed by atoms with Gasteiger partial charge in [-0.15, -0.1) is 11.8 Å². The molecule has 1 amide bonds. The molecule has 26 heavy (non-hydrogen) atoms. The average Bonchev–Trinajstić information content (AvgIpc) is 3.18. The van der Waals surface area contributed by atoms with Gasteiger partial charge in [-0.1, -0.05) is 13.3 Å². The van der Waals surface area contributed by atoms with Crippen molar-refractivity contribution < 1.29 is 4.79 Å². The van der Waals surface area contributed by atoms with Crippen LogP contribution in [-0.4, -0.2) is 43.8 Å². The average molecular weight is 376 g/mol. The Labute approximate surface area is 156 Å². The molecule has 0 aliphatic carbocycles. The molecule has 0 N–H and O–H groups in total. The van der Waals surface area contributed by atoms with Crippen LogP contribution >= 0.6 is 11.8 Å². The Bertz CT molecular complexity index is 958. The van der Waals surface area contributed by atoms with Gasteiger partial charge in [0.2, 0.25) is 5.91 Å². The van der Waals surface area contributed by atoms with E-state index in [0.29, 0.717) is 16.8 Å². The molecule has 140 valence electrons. The molecule has 0 unspecified atom stereocenters. The lowest BCUT2D eigenvalue weighted by molar-refractivity contribution is -0.127. The van der Waals surface area contributed by atoms with Crippen LogP contribution in [0.5, 0.6) is 0 Å². The number of pyridine rings is 1. The third kappa shape index (κ3) is 3.30. The van der Waals surface area contributed by atoms with Crippen LogP contribution in [0.1, 0.15) is 31.7 Å². The second-order valence-electron chi connectivity index (χ2n) is 6.64. The van der Waals surface area contributed by atoms with Crippen LogP contribution in [0.15, 0.2) is 20.7 Å². The van der Waals surface area contributed by atoms with Crippen LogP contribution in [-0.2, 0) is 25.3 Å². The topological polar surface area (TPSA) is 77.2 Å². The first-order chi connectivity index (χ1) is 12.5. The summed E-state index contributed by atoms with van der Waals surface area (Å²) in [5.74, 6) is 0.392. The van der Waals surface area contributed by atoms with Gasteiger partial charge >= 0.3 is 5.69 Å². The number of hydrogen-bond donors (Lipinski definition) is 0. The molecule has 1 aliphatic heterocycles. The van der Waals surface area contributed by atoms with Gasteiger partial charge < -0.3 is 4.90 Å². The van der Waals surface area contributed by atoms with Crippen LogP contribution in [0.3, 0.4) is 0 Å². The highest BCUT2D eigenvalue weighted by Gasteiger charge is 2.21. The molecular formula is C18H24N4O3S. The first kappa shape index (κ1) is 18.7. The van der Waals surface area contributed by atoms with E-state index in [-0.39, 0.29) is 11.5 Å². The monoisotopic (exact) mass is 376 g/mol. The number of rotatable bonds is 5. The zero-order chi connectivity index (χ0) is 18.8. The predicted molar refractivity (Wildman–Crippen MR) is 103 cm³/mol. The number of carbonyl (C=O) groups is 1. The summed E-state index contributed by atoms with van der Waals surface area (Å²) in [6.45, 7) is 3.69. The van der Waals surface area contributed by atoms with Crippen LogP contribution in [0.4, 0.5) is 0 Å². The summed E-state index contributed by atoms with van der Waals surface area (Å²) in [5.41, 5.74) is 0.566. The Hall–Kier alpha value is -2.09. The lowest BCUT2D eigenvalue weighted by atomic mass is 10.1. The van der Waals surface area contributed by atoms with E-state index in [1.54, 1.807) is 13.2 Å². The Morgan fingerprint density at radius 1 is 1.19 bits per heavy atom. The van der Waals surface area contributed by atoms with Crippen molar-refractivity contribution in [2.75, 3.05) is 18.8 Å². The fourth-order valence-corrected chi connectivity index (χ4v) is 4.46. The number of thioether (sulfide) groups is 1. The van der Waals surface area contributed by atoms with Gasteiger partial charge in [-0.3, -0.25) is 18.7 Å². The molecule has 0 atom stereocenters. The first-order valence-electron chi connectivity index (χ1n) is 8.93. The third-order valence-corrected chi connectivity index (χ3v) is 5.96. The van der Waals surface area contributed by atoms with E-state index in [2.05, 4.69) is 11.9 Å². The second kappa shape index (κ2) is 7.65. The van der Waals surface area contributed by atoms with Gasteiger partial charge in [-0.2, -0.15) is 0 Å². The molecule has 2 aromatic rings. The van der Waals surface area contributed by atoms with Crippen molar-refractivity contribution in [3.8, 4) is 0 Å². The van der Waals surface area contributed by atoms with Crippen LogP contribution in [0, 0.1) is 0 Å². The van der Waals surface area contributed by atoms with Crippen molar-refractivity contribution in [3.05, 3.63) is 32.6 Å². The summed E-state index contributed by atoms with van der Waals surface area (Å²) in [4.78, 5) is 44.4. The Morgan fingerprint density at radius 3 is 2.54 bits per heavy atom. The highest BCUT2D eigenvalue weighted by atomic mass is 32.2. The van der Waals surface area contributed by atoms with Crippen molar-refractivity contribution in [3.63, 3.8) is 0 Å². The van der Waals surface area contributed by atoms with Gasteiger partial charge in [0.1, 0.15) is 5.65 Å². The molecule has 0 bridgehead atoms. The molecule has 2 aromatic heterocycles. The van der Waals surface area contributed by atoms with Crippen molar-refractivity contribution >= 4 is 28.7 Å². The lowest BCUT2D eigenvalue weighted by Crippen LogP contribution is -2.37. The Balaban J connectivity index is 2.08.